The second-order valence-electron chi connectivity index (χ2n) is 6.63. The maximum Gasteiger partial charge on any atom is 0.253 e. The van der Waals surface area contributed by atoms with Crippen molar-refractivity contribution in [2.45, 2.75) is 18.9 Å². The molecule has 4 rings (SSSR count). The molecule has 1 fully saturated rings. The molecule has 128 valence electrons. The van der Waals surface area contributed by atoms with Gasteiger partial charge in [-0.3, -0.25) is 4.79 Å². The molecule has 4 heteroatoms. The lowest BCUT2D eigenvalue weighted by atomic mass is 9.91. The van der Waals surface area contributed by atoms with E-state index in [9.17, 15) is 4.79 Å². The molecule has 4 nitrogen and oxygen atoms in total. The van der Waals surface area contributed by atoms with Crippen molar-refractivity contribution in [2.75, 3.05) is 18.4 Å². The lowest BCUT2D eigenvalue weighted by Gasteiger charge is -2.24. The van der Waals surface area contributed by atoms with Crippen molar-refractivity contribution in [3.8, 4) is 0 Å². The molecule has 0 radical (unpaired) electrons. The van der Waals surface area contributed by atoms with E-state index >= 15 is 0 Å². The van der Waals surface area contributed by atoms with Gasteiger partial charge >= 0.3 is 0 Å². The van der Waals surface area contributed by atoms with Crippen LogP contribution >= 0.6 is 0 Å². The molecule has 1 heterocycles. The van der Waals surface area contributed by atoms with Crippen LogP contribution in [0.2, 0.25) is 0 Å². The van der Waals surface area contributed by atoms with Crippen LogP contribution in [-0.2, 0) is 4.79 Å². The summed E-state index contributed by atoms with van der Waals surface area (Å²) in [5.74, 6) is 0.339. The number of anilines is 1. The molecule has 0 saturated carbocycles. The average Bonchev–Trinajstić information content (AvgIpc) is 2.96. The third-order valence-electron chi connectivity index (χ3n) is 5.07. The first kappa shape index (κ1) is 15.9. The average molecular weight is 333 g/mol. The van der Waals surface area contributed by atoms with Crippen LogP contribution < -0.4 is 16.0 Å². The Morgan fingerprint density at radius 3 is 2.44 bits per heavy atom. The molecule has 2 aromatic carbocycles. The van der Waals surface area contributed by atoms with Gasteiger partial charge < -0.3 is 16.0 Å². The minimum Gasteiger partial charge on any atom is -0.386 e. The highest BCUT2D eigenvalue weighted by Gasteiger charge is 2.36. The molecule has 3 N–H and O–H groups in total. The largest absolute Gasteiger partial charge is 0.386 e. The highest BCUT2D eigenvalue weighted by atomic mass is 16.1. The minimum atomic E-state index is 0.0184. The molecule has 2 atom stereocenters. The van der Waals surface area contributed by atoms with Gasteiger partial charge in [-0.25, -0.2) is 0 Å². The molecule has 0 unspecified atom stereocenters. The highest BCUT2D eigenvalue weighted by molar-refractivity contribution is 6.04. The van der Waals surface area contributed by atoms with Crippen molar-refractivity contribution in [1.29, 1.82) is 0 Å². The van der Waals surface area contributed by atoms with Gasteiger partial charge in [0.15, 0.2) is 0 Å². The fraction of sp³-hybridized carbons (Fsp3) is 0.286. The Balaban J connectivity index is 1.60. The summed E-state index contributed by atoms with van der Waals surface area (Å²) in [5.41, 5.74) is 4.15. The molecule has 1 aliphatic carbocycles. The summed E-state index contributed by atoms with van der Waals surface area (Å²) >= 11 is 0. The summed E-state index contributed by atoms with van der Waals surface area (Å²) in [6.45, 7) is 1.74. The van der Waals surface area contributed by atoms with Gasteiger partial charge in [0.05, 0.1) is 0 Å². The van der Waals surface area contributed by atoms with Crippen LogP contribution in [0.25, 0.3) is 0 Å². The zero-order chi connectivity index (χ0) is 17.1. The Hall–Kier alpha value is -2.59. The second kappa shape index (κ2) is 7.11. The third kappa shape index (κ3) is 3.30. The van der Waals surface area contributed by atoms with Crippen molar-refractivity contribution in [2.24, 2.45) is 5.92 Å². The Labute approximate surface area is 148 Å². The van der Waals surface area contributed by atoms with Crippen LogP contribution in [0.5, 0.6) is 0 Å². The molecule has 2 aromatic rings. The summed E-state index contributed by atoms with van der Waals surface area (Å²) in [5, 5.41) is 10.2. The summed E-state index contributed by atoms with van der Waals surface area (Å²) in [6.07, 6.45) is 1.81. The van der Waals surface area contributed by atoms with Gasteiger partial charge in [-0.2, -0.15) is 0 Å². The summed E-state index contributed by atoms with van der Waals surface area (Å²) in [7, 11) is 0. The number of rotatable bonds is 3. The normalized spacial score (nSPS) is 22.7. The Kier molecular flexibility index (Phi) is 4.53. The van der Waals surface area contributed by atoms with Crippen molar-refractivity contribution in [1.82, 2.24) is 10.6 Å². The summed E-state index contributed by atoms with van der Waals surface area (Å²) < 4.78 is 0. The third-order valence-corrected chi connectivity index (χ3v) is 5.07. The maximum absolute atomic E-state index is 12.8. The molecule has 25 heavy (non-hydrogen) atoms. The van der Waals surface area contributed by atoms with E-state index in [2.05, 4.69) is 40.2 Å². The molecule has 0 spiro atoms. The Bertz CT molecular complexity index is 770. The quantitative estimate of drug-likeness (QED) is 0.808. The van der Waals surface area contributed by atoms with Crippen molar-refractivity contribution in [3.05, 3.63) is 77.5 Å². The van der Waals surface area contributed by atoms with Gasteiger partial charge in [0, 0.05) is 42.0 Å². The number of nitrogens with one attached hydrogen (secondary N) is 3. The van der Waals surface area contributed by atoms with Gasteiger partial charge in [0.25, 0.3) is 5.91 Å². The van der Waals surface area contributed by atoms with Gasteiger partial charge in [0.1, 0.15) is 0 Å². The predicted molar refractivity (Wildman–Crippen MR) is 100 cm³/mol. The lowest BCUT2D eigenvalue weighted by molar-refractivity contribution is -0.113. The molecule has 1 aliphatic heterocycles. The molecule has 1 amide bonds. The van der Waals surface area contributed by atoms with Crippen LogP contribution in [0, 0.1) is 5.92 Å². The van der Waals surface area contributed by atoms with E-state index in [0.717, 1.165) is 42.9 Å². The standard InChI is InChI=1S/C21H23N3O/c25-21(24-16-9-5-2-6-10-16)18-12-11-17-19(15-7-3-1-4-8-15)22-13-14-23-20(17)18/h1-10,17,19,22-23H,11-14H2,(H,24,25)/t17-,19+/m1/s1. The number of hydrogen-bond donors (Lipinski definition) is 3. The molecule has 0 bridgehead atoms. The van der Waals surface area contributed by atoms with E-state index in [1.165, 1.54) is 5.56 Å². The van der Waals surface area contributed by atoms with Crippen LogP contribution in [0.3, 0.4) is 0 Å². The summed E-state index contributed by atoms with van der Waals surface area (Å²) in [6, 6.07) is 20.5. The van der Waals surface area contributed by atoms with Crippen molar-refractivity contribution >= 4 is 11.6 Å². The van der Waals surface area contributed by atoms with E-state index in [4.69, 9.17) is 0 Å². The molecule has 2 aliphatic rings. The van der Waals surface area contributed by atoms with Crippen LogP contribution in [-0.4, -0.2) is 19.0 Å². The number of benzene rings is 2. The zero-order valence-electron chi connectivity index (χ0n) is 14.2. The van der Waals surface area contributed by atoms with Crippen molar-refractivity contribution in [3.63, 3.8) is 0 Å². The van der Waals surface area contributed by atoms with Crippen molar-refractivity contribution < 1.29 is 4.79 Å². The second-order valence-corrected chi connectivity index (χ2v) is 6.63. The SMILES string of the molecule is O=C(Nc1ccccc1)C1=C2NCCN[C@@H](c3ccccc3)[C@H]2CC1. The number of carbonyl (C=O) groups is 1. The van der Waals surface area contributed by atoms with E-state index < -0.39 is 0 Å². The zero-order valence-corrected chi connectivity index (χ0v) is 14.2. The summed E-state index contributed by atoms with van der Waals surface area (Å²) in [4.78, 5) is 12.8. The molecule has 1 saturated heterocycles. The number of para-hydroxylation sites is 1. The van der Waals surface area contributed by atoms with Crippen LogP contribution in [0.15, 0.2) is 71.9 Å². The van der Waals surface area contributed by atoms with Gasteiger partial charge in [-0.15, -0.1) is 0 Å². The predicted octanol–water partition coefficient (Wildman–Crippen LogP) is 3.22. The number of amides is 1. The number of fused-ring (bicyclic) bond motifs is 1. The molecular formula is C21H23N3O. The lowest BCUT2D eigenvalue weighted by Crippen LogP contribution is -2.27. The fourth-order valence-corrected chi connectivity index (χ4v) is 3.92. The van der Waals surface area contributed by atoms with Gasteiger partial charge in [0.2, 0.25) is 0 Å². The Morgan fingerprint density at radius 1 is 0.960 bits per heavy atom. The fourth-order valence-electron chi connectivity index (χ4n) is 3.92. The first-order chi connectivity index (χ1) is 12.3. The Morgan fingerprint density at radius 2 is 1.68 bits per heavy atom. The molecular weight excluding hydrogens is 310 g/mol. The van der Waals surface area contributed by atoms with E-state index in [1.807, 2.05) is 36.4 Å². The number of carbonyl (C=O) groups excluding carboxylic acids is 1. The first-order valence-electron chi connectivity index (χ1n) is 8.94. The maximum atomic E-state index is 12.8. The molecule has 0 aromatic heterocycles. The van der Waals surface area contributed by atoms with E-state index in [-0.39, 0.29) is 11.9 Å². The smallest absolute Gasteiger partial charge is 0.253 e. The highest BCUT2D eigenvalue weighted by Crippen LogP contribution is 2.40. The van der Waals surface area contributed by atoms with Gasteiger partial charge in [-0.1, -0.05) is 48.5 Å². The minimum absolute atomic E-state index is 0.0184. The van der Waals surface area contributed by atoms with Gasteiger partial charge in [-0.05, 0) is 30.5 Å². The van der Waals surface area contributed by atoms with Crippen LogP contribution in [0.1, 0.15) is 24.4 Å². The number of hydrogen-bond acceptors (Lipinski definition) is 3. The van der Waals surface area contributed by atoms with Crippen LogP contribution in [0.4, 0.5) is 5.69 Å². The van der Waals surface area contributed by atoms with E-state index in [1.54, 1.807) is 0 Å². The monoisotopic (exact) mass is 333 g/mol. The van der Waals surface area contributed by atoms with E-state index in [0.29, 0.717) is 5.92 Å². The first-order valence-corrected chi connectivity index (χ1v) is 8.94. The topological polar surface area (TPSA) is 53.2 Å².